The van der Waals surface area contributed by atoms with Crippen LogP contribution in [0.3, 0.4) is 0 Å². The molecule has 0 spiro atoms. The highest BCUT2D eigenvalue weighted by Gasteiger charge is 2.30. The minimum absolute atomic E-state index is 0.114. The number of carbonyl (C=O) groups excluding carboxylic acids is 1. The monoisotopic (exact) mass is 377 g/mol. The minimum Gasteiger partial charge on any atom is -0.497 e. The van der Waals surface area contributed by atoms with E-state index < -0.39 is 0 Å². The molecule has 1 aromatic heterocycles. The fraction of sp³-hybridized carbons (Fsp3) is 0.286. The van der Waals surface area contributed by atoms with Crippen LogP contribution in [0.25, 0.3) is 11.4 Å². The maximum Gasteiger partial charge on any atom is 0.322 e. The zero-order valence-corrected chi connectivity index (χ0v) is 15.8. The van der Waals surface area contributed by atoms with E-state index in [-0.39, 0.29) is 12.1 Å². The van der Waals surface area contributed by atoms with Crippen molar-refractivity contribution in [3.05, 3.63) is 60.4 Å². The predicted octanol–water partition coefficient (Wildman–Crippen LogP) is 4.24. The summed E-state index contributed by atoms with van der Waals surface area (Å²) < 4.78 is 5.16. The summed E-state index contributed by atoms with van der Waals surface area (Å²) in [6.07, 6.45) is 2.89. The van der Waals surface area contributed by atoms with Crippen LogP contribution < -0.4 is 10.1 Å². The van der Waals surface area contributed by atoms with Gasteiger partial charge in [-0.3, -0.25) is 5.10 Å². The van der Waals surface area contributed by atoms with Gasteiger partial charge in [0.25, 0.3) is 0 Å². The summed E-state index contributed by atoms with van der Waals surface area (Å²) in [6, 6.07) is 16.9. The summed E-state index contributed by atoms with van der Waals surface area (Å²) >= 11 is 0. The fourth-order valence-corrected chi connectivity index (χ4v) is 3.47. The topological polar surface area (TPSA) is 83.1 Å². The summed E-state index contributed by atoms with van der Waals surface area (Å²) in [5, 5.41) is 10.4. The minimum atomic E-state index is -0.132. The number of anilines is 1. The summed E-state index contributed by atoms with van der Waals surface area (Å²) in [5.74, 6) is 2.13. The Balaban J connectivity index is 1.51. The van der Waals surface area contributed by atoms with Crippen LogP contribution in [0.4, 0.5) is 10.5 Å². The Kier molecular flexibility index (Phi) is 5.23. The molecule has 7 heteroatoms. The summed E-state index contributed by atoms with van der Waals surface area (Å²) in [5.41, 5.74) is 1.69. The molecule has 1 aliphatic rings. The fourth-order valence-electron chi connectivity index (χ4n) is 3.47. The molecule has 3 aromatic rings. The normalized spacial score (nSPS) is 16.6. The van der Waals surface area contributed by atoms with E-state index in [4.69, 9.17) is 4.74 Å². The number of methoxy groups -OCH3 is 1. The van der Waals surface area contributed by atoms with E-state index in [2.05, 4.69) is 20.5 Å². The molecule has 0 aliphatic carbocycles. The van der Waals surface area contributed by atoms with Gasteiger partial charge in [-0.1, -0.05) is 30.3 Å². The lowest BCUT2D eigenvalue weighted by Gasteiger charge is -2.34. The first-order chi connectivity index (χ1) is 13.7. The van der Waals surface area contributed by atoms with Crippen molar-refractivity contribution >= 4 is 11.7 Å². The lowest BCUT2D eigenvalue weighted by molar-refractivity contribution is 0.159. The van der Waals surface area contributed by atoms with Crippen molar-refractivity contribution in [1.29, 1.82) is 0 Å². The third-order valence-electron chi connectivity index (χ3n) is 4.96. The maximum absolute atomic E-state index is 12.9. The van der Waals surface area contributed by atoms with Gasteiger partial charge in [-0.25, -0.2) is 9.78 Å². The number of H-pyrrole nitrogens is 1. The molecule has 1 unspecified atom stereocenters. The van der Waals surface area contributed by atoms with E-state index in [1.165, 1.54) is 0 Å². The van der Waals surface area contributed by atoms with Gasteiger partial charge in [0.15, 0.2) is 5.82 Å². The van der Waals surface area contributed by atoms with Crippen molar-refractivity contribution in [3.63, 3.8) is 0 Å². The molecule has 1 atom stereocenters. The lowest BCUT2D eigenvalue weighted by Crippen LogP contribution is -2.41. The van der Waals surface area contributed by atoms with Crippen LogP contribution in [-0.2, 0) is 0 Å². The van der Waals surface area contributed by atoms with Crippen molar-refractivity contribution in [1.82, 2.24) is 20.1 Å². The van der Waals surface area contributed by atoms with E-state index >= 15 is 0 Å². The van der Waals surface area contributed by atoms with Gasteiger partial charge < -0.3 is 15.0 Å². The number of urea groups is 1. The van der Waals surface area contributed by atoms with Gasteiger partial charge in [0.05, 0.1) is 13.2 Å². The van der Waals surface area contributed by atoms with Crippen LogP contribution >= 0.6 is 0 Å². The number of aromatic amines is 1. The number of benzene rings is 2. The van der Waals surface area contributed by atoms with Gasteiger partial charge in [-0.2, -0.15) is 5.10 Å². The second-order valence-corrected chi connectivity index (χ2v) is 6.77. The number of nitrogens with zero attached hydrogens (tertiary/aromatic N) is 3. The Labute approximate surface area is 163 Å². The van der Waals surface area contributed by atoms with Crippen molar-refractivity contribution < 1.29 is 9.53 Å². The van der Waals surface area contributed by atoms with Gasteiger partial charge in [0, 0.05) is 17.8 Å². The third kappa shape index (κ3) is 3.83. The Morgan fingerprint density at radius 3 is 2.68 bits per heavy atom. The number of aromatic nitrogens is 3. The predicted molar refractivity (Wildman–Crippen MR) is 107 cm³/mol. The number of hydrogen-bond donors (Lipinski definition) is 2. The zero-order chi connectivity index (χ0) is 19.3. The van der Waals surface area contributed by atoms with Crippen molar-refractivity contribution in [2.45, 2.75) is 25.3 Å². The maximum atomic E-state index is 12.9. The van der Waals surface area contributed by atoms with E-state index in [1.54, 1.807) is 7.11 Å². The van der Waals surface area contributed by atoms with E-state index in [9.17, 15) is 4.79 Å². The highest BCUT2D eigenvalue weighted by atomic mass is 16.5. The third-order valence-corrected chi connectivity index (χ3v) is 4.96. The second-order valence-electron chi connectivity index (χ2n) is 6.77. The highest BCUT2D eigenvalue weighted by Crippen LogP contribution is 2.30. The number of amides is 2. The number of carbonyl (C=O) groups is 1. The van der Waals surface area contributed by atoms with Crippen LogP contribution in [0.5, 0.6) is 5.75 Å². The van der Waals surface area contributed by atoms with Gasteiger partial charge in [-0.15, -0.1) is 0 Å². The van der Waals surface area contributed by atoms with E-state index in [0.29, 0.717) is 12.4 Å². The quantitative estimate of drug-likeness (QED) is 0.712. The molecule has 28 heavy (non-hydrogen) atoms. The van der Waals surface area contributed by atoms with Crippen molar-refractivity contribution in [2.24, 2.45) is 0 Å². The summed E-state index contributed by atoms with van der Waals surface area (Å²) in [6.45, 7) is 0.689. The molecule has 2 N–H and O–H groups in total. The highest BCUT2D eigenvalue weighted by molar-refractivity contribution is 5.89. The van der Waals surface area contributed by atoms with Crippen LogP contribution in [0, 0.1) is 0 Å². The van der Waals surface area contributed by atoms with Gasteiger partial charge in [-0.05, 0) is 43.5 Å². The molecule has 4 rings (SSSR count). The molecule has 0 bridgehead atoms. The van der Waals surface area contributed by atoms with Crippen molar-refractivity contribution in [3.8, 4) is 17.1 Å². The zero-order valence-electron chi connectivity index (χ0n) is 15.8. The number of ether oxygens (including phenoxy) is 1. The Morgan fingerprint density at radius 2 is 1.93 bits per heavy atom. The lowest BCUT2D eigenvalue weighted by atomic mass is 10.0. The number of hydrogen-bond acceptors (Lipinski definition) is 4. The van der Waals surface area contributed by atoms with Crippen molar-refractivity contribution in [2.75, 3.05) is 19.0 Å². The Bertz CT molecular complexity index is 923. The molecule has 2 heterocycles. The number of rotatable bonds is 4. The number of nitrogens with one attached hydrogen (secondary N) is 2. The first-order valence-corrected chi connectivity index (χ1v) is 9.44. The van der Waals surface area contributed by atoms with Crippen LogP contribution in [-0.4, -0.2) is 39.8 Å². The molecule has 1 saturated heterocycles. The van der Waals surface area contributed by atoms with Gasteiger partial charge in [0.1, 0.15) is 11.6 Å². The van der Waals surface area contributed by atoms with Crippen LogP contribution in [0.15, 0.2) is 54.6 Å². The molecule has 0 radical (unpaired) electrons. The van der Waals surface area contributed by atoms with Crippen LogP contribution in [0.2, 0.25) is 0 Å². The SMILES string of the molecule is COc1ccc(NC(=O)N2CCCCC2c2nc(-c3ccccc3)n[nH]2)cc1. The Hall–Kier alpha value is -3.35. The Morgan fingerprint density at radius 1 is 1.14 bits per heavy atom. The average Bonchev–Trinajstić information content (AvgIpc) is 3.25. The first kappa shape index (κ1) is 18.0. The molecular formula is C21H23N5O2. The molecule has 7 nitrogen and oxygen atoms in total. The largest absolute Gasteiger partial charge is 0.497 e. The molecule has 2 aromatic carbocycles. The summed E-state index contributed by atoms with van der Waals surface area (Å²) in [4.78, 5) is 19.4. The first-order valence-electron chi connectivity index (χ1n) is 9.44. The standard InChI is InChI=1S/C21H23N5O2/c1-28-17-12-10-16(11-13-17)22-21(27)26-14-6-5-9-18(26)20-23-19(24-25-20)15-7-3-2-4-8-15/h2-4,7-8,10-13,18H,5-6,9,14H2,1H3,(H,22,27)(H,23,24,25). The summed E-state index contributed by atoms with van der Waals surface area (Å²) in [7, 11) is 1.62. The van der Waals surface area contributed by atoms with Crippen LogP contribution in [0.1, 0.15) is 31.1 Å². The molecule has 0 saturated carbocycles. The number of piperidine rings is 1. The number of likely N-dealkylation sites (tertiary alicyclic amines) is 1. The van der Waals surface area contributed by atoms with E-state index in [1.807, 2.05) is 59.5 Å². The van der Waals surface area contributed by atoms with Gasteiger partial charge in [0.2, 0.25) is 0 Å². The molecular weight excluding hydrogens is 354 g/mol. The van der Waals surface area contributed by atoms with E-state index in [0.717, 1.165) is 42.1 Å². The molecule has 1 fully saturated rings. The second kappa shape index (κ2) is 8.12. The smallest absolute Gasteiger partial charge is 0.322 e. The molecule has 1 aliphatic heterocycles. The van der Waals surface area contributed by atoms with Gasteiger partial charge >= 0.3 is 6.03 Å². The average molecular weight is 377 g/mol. The molecule has 2 amide bonds. The molecule has 144 valence electrons.